The van der Waals surface area contributed by atoms with Crippen LogP contribution in [0.15, 0.2) is 42.5 Å². The van der Waals surface area contributed by atoms with Crippen molar-refractivity contribution in [3.63, 3.8) is 0 Å². The van der Waals surface area contributed by atoms with E-state index in [0.717, 1.165) is 12.1 Å². The number of hydrogen-bond donors (Lipinski definition) is 0. The maximum absolute atomic E-state index is 13.5. The third-order valence-electron chi connectivity index (χ3n) is 4.55. The number of nitriles is 1. The highest BCUT2D eigenvalue weighted by Crippen LogP contribution is 2.36. The number of carbonyl (C=O) groups is 1. The molecular formula is C21H21ClF3N3O. The van der Waals surface area contributed by atoms with Crippen molar-refractivity contribution in [2.45, 2.75) is 32.1 Å². The number of hydrogen-bond acceptors (Lipinski definition) is 3. The van der Waals surface area contributed by atoms with Gasteiger partial charge < -0.3 is 9.80 Å². The summed E-state index contributed by atoms with van der Waals surface area (Å²) in [6.45, 7) is 1.93. The zero-order valence-corrected chi connectivity index (χ0v) is 17.1. The molecule has 0 spiro atoms. The van der Waals surface area contributed by atoms with Gasteiger partial charge in [-0.05, 0) is 36.2 Å². The van der Waals surface area contributed by atoms with Crippen LogP contribution >= 0.6 is 11.6 Å². The smallest absolute Gasteiger partial charge is 0.355 e. The van der Waals surface area contributed by atoms with E-state index in [9.17, 15) is 18.0 Å². The molecule has 0 N–H and O–H groups in total. The van der Waals surface area contributed by atoms with E-state index in [4.69, 9.17) is 16.9 Å². The first-order valence-corrected chi connectivity index (χ1v) is 9.30. The molecule has 0 aromatic heterocycles. The van der Waals surface area contributed by atoms with Crippen LogP contribution in [0.2, 0.25) is 5.02 Å². The van der Waals surface area contributed by atoms with E-state index in [1.165, 1.54) is 11.0 Å². The second kappa shape index (κ2) is 9.19. The molecule has 0 aliphatic carbocycles. The largest absolute Gasteiger partial charge is 0.417 e. The van der Waals surface area contributed by atoms with Crippen molar-refractivity contribution in [1.82, 2.24) is 4.90 Å². The molecule has 0 radical (unpaired) electrons. The number of benzene rings is 2. The molecular weight excluding hydrogens is 403 g/mol. The van der Waals surface area contributed by atoms with E-state index in [0.29, 0.717) is 17.0 Å². The van der Waals surface area contributed by atoms with E-state index in [1.54, 1.807) is 56.3 Å². The fraction of sp³-hybridized carbons (Fsp3) is 0.333. The highest BCUT2D eigenvalue weighted by Gasteiger charge is 2.35. The van der Waals surface area contributed by atoms with Crippen LogP contribution < -0.4 is 4.90 Å². The fourth-order valence-electron chi connectivity index (χ4n) is 3.06. The van der Waals surface area contributed by atoms with Crippen molar-refractivity contribution >= 4 is 23.2 Å². The van der Waals surface area contributed by atoms with Crippen LogP contribution in [0.3, 0.4) is 0 Å². The molecule has 1 amide bonds. The summed E-state index contributed by atoms with van der Waals surface area (Å²) < 4.78 is 40.4. The maximum atomic E-state index is 13.5. The summed E-state index contributed by atoms with van der Waals surface area (Å²) in [5.41, 5.74) is -0.630. The second-order valence-electron chi connectivity index (χ2n) is 6.72. The maximum Gasteiger partial charge on any atom is 0.417 e. The summed E-state index contributed by atoms with van der Waals surface area (Å²) >= 11 is 6.25. The van der Waals surface area contributed by atoms with Crippen molar-refractivity contribution in [2.24, 2.45) is 0 Å². The minimum atomic E-state index is -4.69. The molecule has 0 fully saturated rings. The van der Waals surface area contributed by atoms with Crippen molar-refractivity contribution < 1.29 is 18.0 Å². The molecule has 29 heavy (non-hydrogen) atoms. The Labute approximate surface area is 173 Å². The molecule has 0 aliphatic heterocycles. The lowest BCUT2D eigenvalue weighted by molar-refractivity contribution is -0.137. The Morgan fingerprint density at radius 1 is 1.21 bits per heavy atom. The summed E-state index contributed by atoms with van der Waals surface area (Å²) in [4.78, 5) is 15.7. The van der Waals surface area contributed by atoms with Gasteiger partial charge in [-0.2, -0.15) is 18.4 Å². The van der Waals surface area contributed by atoms with Crippen LogP contribution in [-0.2, 0) is 17.5 Å². The standard InChI is InChI=1S/C21H21ClF3N3O/c1-4-19(20(29)27(2)3)28(13-15-7-5-6-8-18(15)22)16-10-9-14(12-26)17(11-16)21(23,24)25/h5-11,19H,4,13H2,1-3H3. The predicted molar refractivity (Wildman–Crippen MR) is 107 cm³/mol. The van der Waals surface area contributed by atoms with E-state index in [2.05, 4.69) is 0 Å². The van der Waals surface area contributed by atoms with Gasteiger partial charge in [-0.1, -0.05) is 36.7 Å². The summed E-state index contributed by atoms with van der Waals surface area (Å²) in [7, 11) is 3.19. The van der Waals surface area contributed by atoms with Gasteiger partial charge in [0, 0.05) is 31.4 Å². The van der Waals surface area contributed by atoms with Gasteiger partial charge in [0.15, 0.2) is 0 Å². The molecule has 0 heterocycles. The molecule has 154 valence electrons. The van der Waals surface area contributed by atoms with E-state index >= 15 is 0 Å². The Bertz CT molecular complexity index is 922. The van der Waals surface area contributed by atoms with Crippen molar-refractivity contribution in [3.8, 4) is 6.07 Å². The Balaban J connectivity index is 2.62. The zero-order chi connectivity index (χ0) is 21.8. The number of halogens is 4. The summed E-state index contributed by atoms with van der Waals surface area (Å²) in [6.07, 6.45) is -4.31. The Kier molecular flexibility index (Phi) is 7.15. The van der Waals surface area contributed by atoms with Gasteiger partial charge in [0.2, 0.25) is 5.91 Å². The monoisotopic (exact) mass is 423 g/mol. The lowest BCUT2D eigenvalue weighted by atomic mass is 10.0. The summed E-state index contributed by atoms with van der Waals surface area (Å²) in [5.74, 6) is -0.238. The van der Waals surface area contributed by atoms with E-state index in [1.807, 2.05) is 0 Å². The molecule has 2 aromatic rings. The van der Waals surface area contributed by atoms with Crippen LogP contribution in [0.4, 0.5) is 18.9 Å². The molecule has 4 nitrogen and oxygen atoms in total. The van der Waals surface area contributed by atoms with Gasteiger partial charge in [0.25, 0.3) is 0 Å². The predicted octanol–water partition coefficient (Wildman–Crippen LogP) is 5.10. The molecule has 1 atom stereocenters. The molecule has 1 unspecified atom stereocenters. The first-order chi connectivity index (χ1) is 13.6. The minimum Gasteiger partial charge on any atom is -0.355 e. The quantitative estimate of drug-likeness (QED) is 0.649. The van der Waals surface area contributed by atoms with Gasteiger partial charge in [-0.3, -0.25) is 4.79 Å². The number of amides is 1. The Hall–Kier alpha value is -2.72. The molecule has 0 saturated carbocycles. The summed E-state index contributed by atoms with van der Waals surface area (Å²) in [5, 5.41) is 9.51. The van der Waals surface area contributed by atoms with Gasteiger partial charge in [0.1, 0.15) is 6.04 Å². The molecule has 2 rings (SSSR count). The van der Waals surface area contributed by atoms with Gasteiger partial charge in [0.05, 0.1) is 17.2 Å². The van der Waals surface area contributed by atoms with Crippen LogP contribution in [0.25, 0.3) is 0 Å². The lowest BCUT2D eigenvalue weighted by Gasteiger charge is -2.34. The molecule has 0 saturated heterocycles. The molecule has 2 aromatic carbocycles. The first-order valence-electron chi connectivity index (χ1n) is 8.92. The van der Waals surface area contributed by atoms with E-state index < -0.39 is 23.3 Å². The summed E-state index contributed by atoms with van der Waals surface area (Å²) in [6, 6.07) is 11.3. The minimum absolute atomic E-state index is 0.140. The first kappa shape index (κ1) is 22.6. The number of nitrogens with zero attached hydrogens (tertiary/aromatic N) is 3. The number of likely N-dealkylation sites (N-methyl/N-ethyl adjacent to an activating group) is 1. The average molecular weight is 424 g/mol. The van der Waals surface area contributed by atoms with Crippen molar-refractivity contribution in [3.05, 3.63) is 64.2 Å². The molecule has 0 bridgehead atoms. The van der Waals surface area contributed by atoms with Gasteiger partial charge >= 0.3 is 6.18 Å². The molecule has 8 heteroatoms. The van der Waals surface area contributed by atoms with Crippen molar-refractivity contribution in [1.29, 1.82) is 5.26 Å². The lowest BCUT2D eigenvalue weighted by Crippen LogP contribution is -2.46. The SMILES string of the molecule is CCC(C(=O)N(C)C)N(Cc1ccccc1Cl)c1ccc(C#N)c(C(F)(F)F)c1. The van der Waals surface area contributed by atoms with Crippen LogP contribution in [-0.4, -0.2) is 30.9 Å². The van der Waals surface area contributed by atoms with Gasteiger partial charge in [-0.15, -0.1) is 0 Å². The third kappa shape index (κ3) is 5.21. The van der Waals surface area contributed by atoms with Crippen LogP contribution in [0.1, 0.15) is 30.0 Å². The number of rotatable bonds is 6. The molecule has 0 aliphatic rings. The van der Waals surface area contributed by atoms with Gasteiger partial charge in [-0.25, -0.2) is 0 Å². The topological polar surface area (TPSA) is 47.3 Å². The highest BCUT2D eigenvalue weighted by atomic mass is 35.5. The number of carbonyl (C=O) groups excluding carboxylic acids is 1. The van der Waals surface area contributed by atoms with Crippen molar-refractivity contribution in [2.75, 3.05) is 19.0 Å². The van der Waals surface area contributed by atoms with Crippen LogP contribution in [0, 0.1) is 11.3 Å². The fourth-order valence-corrected chi connectivity index (χ4v) is 3.26. The highest BCUT2D eigenvalue weighted by molar-refractivity contribution is 6.31. The third-order valence-corrected chi connectivity index (χ3v) is 4.92. The Morgan fingerprint density at radius 3 is 2.38 bits per heavy atom. The Morgan fingerprint density at radius 2 is 1.86 bits per heavy atom. The van der Waals surface area contributed by atoms with E-state index in [-0.39, 0.29) is 18.1 Å². The zero-order valence-electron chi connectivity index (χ0n) is 16.3. The average Bonchev–Trinajstić information content (AvgIpc) is 2.67. The second-order valence-corrected chi connectivity index (χ2v) is 7.12. The number of alkyl halides is 3. The normalized spacial score (nSPS) is 12.2. The van der Waals surface area contributed by atoms with Crippen LogP contribution in [0.5, 0.6) is 0 Å². The number of anilines is 1.